The van der Waals surface area contributed by atoms with E-state index in [1.54, 1.807) is 41.7 Å². The van der Waals surface area contributed by atoms with Gasteiger partial charge >= 0.3 is 0 Å². The first-order valence-electron chi connectivity index (χ1n) is 10.6. The van der Waals surface area contributed by atoms with Crippen LogP contribution >= 0.6 is 11.3 Å². The van der Waals surface area contributed by atoms with E-state index in [1.807, 2.05) is 30.3 Å². The molecular formula is C24H23N3O3S2. The summed E-state index contributed by atoms with van der Waals surface area (Å²) >= 11 is 1.56. The van der Waals surface area contributed by atoms with Gasteiger partial charge in [0.2, 0.25) is 10.0 Å². The number of hydrogen-bond acceptors (Lipinski definition) is 5. The molecular weight excluding hydrogens is 442 g/mol. The second-order valence-corrected chi connectivity index (χ2v) is 11.0. The molecule has 164 valence electrons. The molecule has 1 aliphatic carbocycles. The highest BCUT2D eigenvalue weighted by Crippen LogP contribution is 2.33. The van der Waals surface area contributed by atoms with Gasteiger partial charge < -0.3 is 4.98 Å². The van der Waals surface area contributed by atoms with E-state index in [4.69, 9.17) is 0 Å². The van der Waals surface area contributed by atoms with Crippen LogP contribution in [-0.4, -0.2) is 22.7 Å². The number of hydrogen-bond donors (Lipinski definition) is 1. The summed E-state index contributed by atoms with van der Waals surface area (Å²) < 4.78 is 28.3. The number of aryl methyl sites for hydroxylation is 2. The molecule has 32 heavy (non-hydrogen) atoms. The number of aromatic amines is 1. The first kappa shape index (κ1) is 21.1. The molecule has 1 N–H and O–H groups in total. The number of thiophene rings is 1. The molecule has 6 nitrogen and oxygen atoms in total. The third kappa shape index (κ3) is 4.01. The normalized spacial score (nSPS) is 14.0. The van der Waals surface area contributed by atoms with Gasteiger partial charge in [-0.2, -0.15) is 4.31 Å². The quantitative estimate of drug-likeness (QED) is 0.461. The predicted molar refractivity (Wildman–Crippen MR) is 126 cm³/mol. The summed E-state index contributed by atoms with van der Waals surface area (Å²) in [6.07, 6.45) is 4.10. The maximum Gasteiger partial charge on any atom is 0.259 e. The summed E-state index contributed by atoms with van der Waals surface area (Å²) in [6, 6.07) is 17.8. The van der Waals surface area contributed by atoms with Gasteiger partial charge in [0.25, 0.3) is 5.56 Å². The summed E-state index contributed by atoms with van der Waals surface area (Å²) in [5.41, 5.74) is 1.80. The van der Waals surface area contributed by atoms with Crippen LogP contribution in [0, 0.1) is 0 Å². The van der Waals surface area contributed by atoms with Gasteiger partial charge in [0.15, 0.2) is 0 Å². The van der Waals surface area contributed by atoms with Gasteiger partial charge in [-0.05, 0) is 48.9 Å². The van der Waals surface area contributed by atoms with Gasteiger partial charge in [-0.1, -0.05) is 48.5 Å². The number of H-pyrrole nitrogens is 1. The van der Waals surface area contributed by atoms with Gasteiger partial charge in [-0.15, -0.1) is 11.3 Å². The maximum absolute atomic E-state index is 13.5. The van der Waals surface area contributed by atoms with Gasteiger partial charge in [0.05, 0.1) is 16.8 Å². The highest BCUT2D eigenvalue weighted by Gasteiger charge is 2.27. The van der Waals surface area contributed by atoms with E-state index < -0.39 is 10.0 Å². The molecule has 0 saturated carbocycles. The van der Waals surface area contributed by atoms with Gasteiger partial charge in [-0.3, -0.25) is 4.79 Å². The van der Waals surface area contributed by atoms with Crippen molar-refractivity contribution in [2.45, 2.75) is 43.7 Å². The first-order chi connectivity index (χ1) is 15.5. The van der Waals surface area contributed by atoms with Crippen LogP contribution in [0.25, 0.3) is 10.2 Å². The molecule has 0 bridgehead atoms. The molecule has 0 unspecified atom stereocenters. The Hall–Kier alpha value is -2.81. The Labute approximate surface area is 190 Å². The molecule has 0 spiro atoms. The van der Waals surface area contributed by atoms with E-state index in [2.05, 4.69) is 9.97 Å². The van der Waals surface area contributed by atoms with Crippen molar-refractivity contribution in [2.75, 3.05) is 0 Å². The minimum Gasteiger partial charge on any atom is -0.309 e. The number of aromatic nitrogens is 2. The minimum atomic E-state index is -3.79. The molecule has 5 rings (SSSR count). The maximum atomic E-state index is 13.5. The highest BCUT2D eigenvalue weighted by molar-refractivity contribution is 7.89. The zero-order chi connectivity index (χ0) is 22.1. The average molecular weight is 466 g/mol. The summed E-state index contributed by atoms with van der Waals surface area (Å²) in [7, 11) is -3.79. The fourth-order valence-electron chi connectivity index (χ4n) is 4.20. The zero-order valence-electron chi connectivity index (χ0n) is 17.5. The second kappa shape index (κ2) is 8.61. The summed E-state index contributed by atoms with van der Waals surface area (Å²) in [5.74, 6) is 0.358. The smallest absolute Gasteiger partial charge is 0.259 e. The van der Waals surface area contributed by atoms with Crippen molar-refractivity contribution in [3.63, 3.8) is 0 Å². The van der Waals surface area contributed by atoms with E-state index >= 15 is 0 Å². The Morgan fingerprint density at radius 3 is 2.38 bits per heavy atom. The molecule has 2 heterocycles. The van der Waals surface area contributed by atoms with E-state index in [1.165, 1.54) is 9.18 Å². The summed E-state index contributed by atoms with van der Waals surface area (Å²) in [5, 5.41) is 0.675. The van der Waals surface area contributed by atoms with Crippen LogP contribution in [-0.2, 0) is 36.0 Å². The Balaban J connectivity index is 1.55. The third-order valence-electron chi connectivity index (χ3n) is 5.78. The van der Waals surface area contributed by atoms with Crippen LogP contribution in [0.1, 0.15) is 34.7 Å². The summed E-state index contributed by atoms with van der Waals surface area (Å²) in [4.78, 5) is 22.6. The van der Waals surface area contributed by atoms with Crippen LogP contribution in [0.3, 0.4) is 0 Å². The lowest BCUT2D eigenvalue weighted by Gasteiger charge is -2.22. The van der Waals surface area contributed by atoms with E-state index in [0.717, 1.165) is 36.8 Å². The zero-order valence-corrected chi connectivity index (χ0v) is 19.1. The average Bonchev–Trinajstić information content (AvgIpc) is 3.19. The molecule has 0 atom stereocenters. The van der Waals surface area contributed by atoms with Crippen LogP contribution in [0.15, 0.2) is 70.4 Å². The van der Waals surface area contributed by atoms with Crippen LogP contribution in [0.5, 0.6) is 0 Å². The van der Waals surface area contributed by atoms with Crippen molar-refractivity contribution in [3.8, 4) is 0 Å². The number of rotatable bonds is 6. The van der Waals surface area contributed by atoms with Crippen molar-refractivity contribution in [2.24, 2.45) is 0 Å². The lowest BCUT2D eigenvalue weighted by molar-refractivity contribution is 0.392. The lowest BCUT2D eigenvalue weighted by atomic mass is 9.97. The molecule has 0 saturated heterocycles. The molecule has 0 aliphatic heterocycles. The van der Waals surface area contributed by atoms with Crippen molar-refractivity contribution in [3.05, 3.63) is 92.8 Å². The lowest BCUT2D eigenvalue weighted by Crippen LogP contribution is -2.31. The van der Waals surface area contributed by atoms with Crippen molar-refractivity contribution < 1.29 is 8.42 Å². The highest BCUT2D eigenvalue weighted by atomic mass is 32.2. The second-order valence-electron chi connectivity index (χ2n) is 7.98. The van der Waals surface area contributed by atoms with Crippen LogP contribution < -0.4 is 5.56 Å². The fraction of sp³-hybridized carbons (Fsp3) is 0.250. The SMILES string of the molecule is O=c1[nH]c(CN(Cc2ccccc2)S(=O)(=O)c2ccccc2)nc2sc3c(c12)CCCC3. The molecule has 2 aromatic heterocycles. The van der Waals surface area contributed by atoms with Gasteiger partial charge in [0, 0.05) is 11.4 Å². The Kier molecular flexibility index (Phi) is 5.67. The molecule has 0 radical (unpaired) electrons. The Morgan fingerprint density at radius 2 is 1.62 bits per heavy atom. The number of sulfonamides is 1. The topological polar surface area (TPSA) is 83.1 Å². The molecule has 0 amide bonds. The molecule has 2 aromatic carbocycles. The number of nitrogens with one attached hydrogen (secondary N) is 1. The molecule has 8 heteroatoms. The standard InChI is InChI=1S/C24H23N3O3S2/c28-23-22-19-13-7-8-14-20(19)31-24(22)26-21(25-23)16-27(15-17-9-3-1-4-10-17)32(29,30)18-11-5-2-6-12-18/h1-6,9-12H,7-8,13-16H2,(H,25,26,28). The molecule has 4 aromatic rings. The van der Waals surface area contributed by atoms with E-state index in [9.17, 15) is 13.2 Å². The number of fused-ring (bicyclic) bond motifs is 3. The predicted octanol–water partition coefficient (Wildman–Crippen LogP) is 4.25. The van der Waals surface area contributed by atoms with E-state index in [0.29, 0.717) is 16.0 Å². The van der Waals surface area contributed by atoms with Crippen molar-refractivity contribution in [1.82, 2.24) is 14.3 Å². The summed E-state index contributed by atoms with van der Waals surface area (Å²) in [6.45, 7) is 0.167. The fourth-order valence-corrected chi connectivity index (χ4v) is 6.90. The largest absolute Gasteiger partial charge is 0.309 e. The molecule has 1 aliphatic rings. The van der Waals surface area contributed by atoms with Crippen molar-refractivity contribution >= 4 is 31.6 Å². The third-order valence-corrected chi connectivity index (χ3v) is 8.77. The van der Waals surface area contributed by atoms with Gasteiger partial charge in [-0.25, -0.2) is 13.4 Å². The Morgan fingerprint density at radius 1 is 0.938 bits per heavy atom. The van der Waals surface area contributed by atoms with Crippen LogP contribution in [0.2, 0.25) is 0 Å². The monoisotopic (exact) mass is 465 g/mol. The minimum absolute atomic E-state index is 0.0140. The van der Waals surface area contributed by atoms with Crippen LogP contribution in [0.4, 0.5) is 0 Å². The number of benzene rings is 2. The van der Waals surface area contributed by atoms with Gasteiger partial charge in [0.1, 0.15) is 10.7 Å². The van der Waals surface area contributed by atoms with Crippen molar-refractivity contribution in [1.29, 1.82) is 0 Å². The van der Waals surface area contributed by atoms with E-state index in [-0.39, 0.29) is 23.5 Å². The number of nitrogens with zero attached hydrogens (tertiary/aromatic N) is 2. The first-order valence-corrected chi connectivity index (χ1v) is 12.9. The Bertz CT molecular complexity index is 1410. The molecule has 0 fully saturated rings.